The van der Waals surface area contributed by atoms with E-state index in [4.69, 9.17) is 10.5 Å². The second kappa shape index (κ2) is 8.56. The smallest absolute Gasteiger partial charge is 0.407 e. The van der Waals surface area contributed by atoms with Crippen molar-refractivity contribution in [1.82, 2.24) is 25.1 Å². The van der Waals surface area contributed by atoms with Crippen molar-refractivity contribution in [2.75, 3.05) is 6.61 Å². The number of unbranched alkanes of at least 4 members (excludes halogenated alkanes) is 1. The Morgan fingerprint density at radius 1 is 1.44 bits per heavy atom. The molecular formula is C15H22N6O3S. The molecule has 0 aliphatic carbocycles. The number of hydrogen-bond donors (Lipinski definition) is 2. The molecule has 136 valence electrons. The van der Waals surface area contributed by atoms with Gasteiger partial charge in [-0.2, -0.15) is 4.68 Å². The molecular weight excluding hydrogens is 344 g/mol. The van der Waals surface area contributed by atoms with Crippen LogP contribution in [0.5, 0.6) is 0 Å². The third-order valence-corrected chi connectivity index (χ3v) is 4.35. The highest BCUT2D eigenvalue weighted by Gasteiger charge is 2.21. The van der Waals surface area contributed by atoms with Crippen LogP contribution in [0.25, 0.3) is 5.13 Å². The number of alkyl carbamates (subject to hydrolysis) is 1. The first-order chi connectivity index (χ1) is 12.0. The minimum Gasteiger partial charge on any atom is -0.450 e. The summed E-state index contributed by atoms with van der Waals surface area (Å²) in [6.45, 7) is 6.10. The van der Waals surface area contributed by atoms with Crippen LogP contribution in [0.3, 0.4) is 0 Å². The summed E-state index contributed by atoms with van der Waals surface area (Å²) in [5, 5.41) is 7.58. The zero-order chi connectivity index (χ0) is 18.4. The first kappa shape index (κ1) is 18.8. The molecule has 0 aliphatic heterocycles. The predicted molar refractivity (Wildman–Crippen MR) is 92.7 cm³/mol. The average molecular weight is 366 g/mol. The number of carbonyl (C=O) groups excluding carboxylic acids is 2. The van der Waals surface area contributed by atoms with Gasteiger partial charge in [0.2, 0.25) is 5.13 Å². The topological polar surface area (TPSA) is 125 Å². The summed E-state index contributed by atoms with van der Waals surface area (Å²) in [6.07, 6.45) is 3.28. The molecule has 0 spiro atoms. The highest BCUT2D eigenvalue weighted by molar-refractivity contribution is 7.16. The van der Waals surface area contributed by atoms with E-state index in [2.05, 4.69) is 20.4 Å². The van der Waals surface area contributed by atoms with E-state index in [9.17, 15) is 9.59 Å². The lowest BCUT2D eigenvalue weighted by Gasteiger charge is -2.13. The first-order valence-electron chi connectivity index (χ1n) is 8.11. The third-order valence-electron chi connectivity index (χ3n) is 3.36. The zero-order valence-corrected chi connectivity index (χ0v) is 15.3. The van der Waals surface area contributed by atoms with Crippen LogP contribution in [0.4, 0.5) is 4.79 Å². The van der Waals surface area contributed by atoms with Gasteiger partial charge in [-0.3, -0.25) is 4.79 Å². The van der Waals surface area contributed by atoms with E-state index in [-0.39, 0.29) is 0 Å². The molecule has 2 aromatic rings. The van der Waals surface area contributed by atoms with E-state index in [0.717, 1.165) is 24.2 Å². The zero-order valence-electron chi connectivity index (χ0n) is 14.5. The van der Waals surface area contributed by atoms with Gasteiger partial charge in [0.05, 0.1) is 18.8 Å². The Bertz CT molecular complexity index is 741. The van der Waals surface area contributed by atoms with Gasteiger partial charge in [-0.1, -0.05) is 31.6 Å². The molecule has 2 heterocycles. The Hall–Kier alpha value is -2.49. The standard InChI is InChI=1S/C15H22N6O3S/c1-4-6-7-24-15(23)18-9(3)13-19-11(5-2)20-21(13)14-17-8-10(25-14)12(16)22/h8-9H,4-7H2,1-3H3,(H2,16,22)(H,18,23). The van der Waals surface area contributed by atoms with E-state index in [0.29, 0.717) is 34.7 Å². The number of thiazole rings is 1. The number of rotatable bonds is 8. The van der Waals surface area contributed by atoms with Crippen LogP contribution in [0.2, 0.25) is 0 Å². The van der Waals surface area contributed by atoms with Crippen molar-refractivity contribution in [1.29, 1.82) is 0 Å². The maximum atomic E-state index is 11.9. The van der Waals surface area contributed by atoms with Gasteiger partial charge in [-0.05, 0) is 13.3 Å². The first-order valence-corrected chi connectivity index (χ1v) is 8.93. The quantitative estimate of drug-likeness (QED) is 0.688. The molecule has 0 aromatic carbocycles. The molecule has 0 saturated carbocycles. The third kappa shape index (κ3) is 4.75. The molecule has 25 heavy (non-hydrogen) atoms. The Morgan fingerprint density at radius 3 is 2.80 bits per heavy atom. The van der Waals surface area contributed by atoms with Crippen LogP contribution in [0.1, 0.15) is 61.0 Å². The molecule has 1 unspecified atom stereocenters. The van der Waals surface area contributed by atoms with Gasteiger partial charge in [0.25, 0.3) is 5.91 Å². The summed E-state index contributed by atoms with van der Waals surface area (Å²) in [4.78, 5) is 32.1. The molecule has 0 saturated heterocycles. The van der Waals surface area contributed by atoms with Gasteiger partial charge in [0, 0.05) is 6.42 Å². The number of carbonyl (C=O) groups is 2. The number of primary amides is 1. The lowest BCUT2D eigenvalue weighted by molar-refractivity contribution is 0.100. The molecule has 2 rings (SSSR count). The van der Waals surface area contributed by atoms with Crippen molar-refractivity contribution in [2.24, 2.45) is 5.73 Å². The molecule has 3 N–H and O–H groups in total. The normalized spacial score (nSPS) is 12.0. The minimum absolute atomic E-state index is 0.328. The number of nitrogens with two attached hydrogens (primary N) is 1. The van der Waals surface area contributed by atoms with Crippen molar-refractivity contribution in [3.05, 3.63) is 22.7 Å². The lowest BCUT2D eigenvalue weighted by Crippen LogP contribution is -2.29. The van der Waals surface area contributed by atoms with Crippen molar-refractivity contribution in [2.45, 2.75) is 46.1 Å². The SMILES string of the molecule is CCCCOC(=O)NC(C)c1nc(CC)nn1-c1ncc(C(N)=O)s1. The summed E-state index contributed by atoms with van der Waals surface area (Å²) in [7, 11) is 0. The van der Waals surface area contributed by atoms with E-state index in [1.807, 2.05) is 13.8 Å². The second-order valence-corrected chi connectivity index (χ2v) is 6.39. The average Bonchev–Trinajstić information content (AvgIpc) is 3.21. The van der Waals surface area contributed by atoms with Crippen LogP contribution in [-0.2, 0) is 11.2 Å². The van der Waals surface area contributed by atoms with Crippen LogP contribution >= 0.6 is 11.3 Å². The molecule has 9 nitrogen and oxygen atoms in total. The van der Waals surface area contributed by atoms with E-state index < -0.39 is 18.0 Å². The van der Waals surface area contributed by atoms with Crippen LogP contribution in [0.15, 0.2) is 6.20 Å². The number of hydrogen-bond acceptors (Lipinski definition) is 7. The summed E-state index contributed by atoms with van der Waals surface area (Å²) >= 11 is 1.12. The number of aromatic nitrogens is 4. The van der Waals surface area contributed by atoms with Crippen LogP contribution in [-0.4, -0.2) is 38.4 Å². The van der Waals surface area contributed by atoms with Gasteiger partial charge in [0.1, 0.15) is 4.88 Å². The number of nitrogens with zero attached hydrogens (tertiary/aromatic N) is 4. The number of nitrogens with one attached hydrogen (secondary N) is 1. The molecule has 10 heteroatoms. The minimum atomic E-state index is -0.549. The molecule has 0 bridgehead atoms. The van der Waals surface area contributed by atoms with Crippen molar-refractivity contribution in [3.63, 3.8) is 0 Å². The van der Waals surface area contributed by atoms with Gasteiger partial charge >= 0.3 is 6.09 Å². The maximum absolute atomic E-state index is 11.9. The summed E-state index contributed by atoms with van der Waals surface area (Å²) < 4.78 is 6.63. The Balaban J connectivity index is 2.20. The van der Waals surface area contributed by atoms with Gasteiger partial charge in [-0.15, -0.1) is 5.10 Å². The van der Waals surface area contributed by atoms with Gasteiger partial charge in [0.15, 0.2) is 11.6 Å². The Morgan fingerprint density at radius 2 is 2.20 bits per heavy atom. The number of aryl methyl sites for hydroxylation is 1. The fraction of sp³-hybridized carbons (Fsp3) is 0.533. The molecule has 1 atom stereocenters. The van der Waals surface area contributed by atoms with Gasteiger partial charge in [-0.25, -0.2) is 14.8 Å². The van der Waals surface area contributed by atoms with E-state index >= 15 is 0 Å². The van der Waals surface area contributed by atoms with E-state index in [1.165, 1.54) is 10.9 Å². The summed E-state index contributed by atoms with van der Waals surface area (Å²) in [5.74, 6) is 0.570. The Kier molecular flexibility index (Phi) is 6.45. The van der Waals surface area contributed by atoms with Crippen molar-refractivity contribution < 1.29 is 14.3 Å². The van der Waals surface area contributed by atoms with Crippen molar-refractivity contribution >= 4 is 23.3 Å². The van der Waals surface area contributed by atoms with Crippen molar-refractivity contribution in [3.8, 4) is 5.13 Å². The highest BCUT2D eigenvalue weighted by Crippen LogP contribution is 2.21. The molecule has 2 aromatic heterocycles. The lowest BCUT2D eigenvalue weighted by atomic mass is 10.3. The largest absolute Gasteiger partial charge is 0.450 e. The maximum Gasteiger partial charge on any atom is 0.407 e. The summed E-state index contributed by atoms with van der Waals surface area (Å²) in [5.41, 5.74) is 5.27. The number of amides is 2. The fourth-order valence-corrected chi connectivity index (χ4v) is 2.74. The van der Waals surface area contributed by atoms with Crippen LogP contribution < -0.4 is 11.1 Å². The fourth-order valence-electron chi connectivity index (χ4n) is 2.01. The van der Waals surface area contributed by atoms with Gasteiger partial charge < -0.3 is 15.8 Å². The Labute approximate surface area is 149 Å². The molecule has 0 aliphatic rings. The summed E-state index contributed by atoms with van der Waals surface area (Å²) in [6, 6.07) is -0.442. The predicted octanol–water partition coefficient (Wildman–Crippen LogP) is 1.97. The van der Waals surface area contributed by atoms with E-state index in [1.54, 1.807) is 6.92 Å². The molecule has 2 amide bonds. The molecule has 0 radical (unpaired) electrons. The van der Waals surface area contributed by atoms with Crippen LogP contribution in [0, 0.1) is 0 Å². The monoisotopic (exact) mass is 366 g/mol. The second-order valence-electron chi connectivity index (χ2n) is 5.38. The molecule has 0 fully saturated rings. The number of ether oxygens (including phenoxy) is 1. The highest BCUT2D eigenvalue weighted by atomic mass is 32.1.